The molecule has 0 aliphatic rings. The SMILES string of the molecule is CSc1ccc(NC(=O)c2cccc(NS(=O)(=O)c3ccc(C)cc3)c2)cc1. The highest BCUT2D eigenvalue weighted by molar-refractivity contribution is 7.98. The number of sulfonamides is 1. The molecule has 28 heavy (non-hydrogen) atoms. The molecule has 5 nitrogen and oxygen atoms in total. The Morgan fingerprint density at radius 3 is 2.21 bits per heavy atom. The molecule has 0 bridgehead atoms. The van der Waals surface area contributed by atoms with Crippen LogP contribution >= 0.6 is 11.8 Å². The lowest BCUT2D eigenvalue weighted by Gasteiger charge is -2.10. The third-order valence-corrected chi connectivity index (χ3v) is 6.20. The number of benzene rings is 3. The summed E-state index contributed by atoms with van der Waals surface area (Å²) >= 11 is 1.62. The zero-order valence-electron chi connectivity index (χ0n) is 15.5. The van der Waals surface area contributed by atoms with E-state index in [1.165, 1.54) is 6.07 Å². The van der Waals surface area contributed by atoms with E-state index >= 15 is 0 Å². The third kappa shape index (κ3) is 4.94. The summed E-state index contributed by atoms with van der Waals surface area (Å²) in [6, 6.07) is 20.5. The Kier molecular flexibility index (Phi) is 6.06. The van der Waals surface area contributed by atoms with Crippen LogP contribution in [-0.4, -0.2) is 20.6 Å². The molecule has 144 valence electrons. The first-order chi connectivity index (χ1) is 13.4. The van der Waals surface area contributed by atoms with Crippen molar-refractivity contribution in [1.29, 1.82) is 0 Å². The minimum atomic E-state index is -3.72. The van der Waals surface area contributed by atoms with Crippen LogP contribution < -0.4 is 10.0 Å². The molecule has 0 aromatic heterocycles. The van der Waals surface area contributed by atoms with Crippen molar-refractivity contribution in [3.8, 4) is 0 Å². The molecule has 3 aromatic rings. The van der Waals surface area contributed by atoms with Crippen molar-refractivity contribution in [2.24, 2.45) is 0 Å². The quantitative estimate of drug-likeness (QED) is 0.572. The van der Waals surface area contributed by atoms with E-state index < -0.39 is 10.0 Å². The second-order valence-electron chi connectivity index (χ2n) is 6.18. The number of carbonyl (C=O) groups excluding carboxylic acids is 1. The lowest BCUT2D eigenvalue weighted by atomic mass is 10.2. The molecule has 0 spiro atoms. The first-order valence-electron chi connectivity index (χ1n) is 8.52. The van der Waals surface area contributed by atoms with Crippen LogP contribution in [0.25, 0.3) is 0 Å². The zero-order valence-corrected chi connectivity index (χ0v) is 17.1. The van der Waals surface area contributed by atoms with Crippen LogP contribution in [0.5, 0.6) is 0 Å². The average molecular weight is 413 g/mol. The Hall–Kier alpha value is -2.77. The van der Waals surface area contributed by atoms with Crippen molar-refractivity contribution in [1.82, 2.24) is 0 Å². The van der Waals surface area contributed by atoms with E-state index in [9.17, 15) is 13.2 Å². The summed E-state index contributed by atoms with van der Waals surface area (Å²) in [5.41, 5.74) is 2.33. The van der Waals surface area contributed by atoms with Crippen LogP contribution in [0.4, 0.5) is 11.4 Å². The van der Waals surface area contributed by atoms with Crippen molar-refractivity contribution < 1.29 is 13.2 Å². The van der Waals surface area contributed by atoms with Crippen molar-refractivity contribution in [3.63, 3.8) is 0 Å². The highest BCUT2D eigenvalue weighted by atomic mass is 32.2. The molecule has 7 heteroatoms. The fourth-order valence-corrected chi connectivity index (χ4v) is 3.99. The number of aryl methyl sites for hydroxylation is 1. The van der Waals surface area contributed by atoms with Gasteiger partial charge in [0.05, 0.1) is 4.90 Å². The summed E-state index contributed by atoms with van der Waals surface area (Å²) in [6.07, 6.45) is 1.98. The van der Waals surface area contributed by atoms with E-state index in [2.05, 4.69) is 10.0 Å². The van der Waals surface area contributed by atoms with Gasteiger partial charge in [0, 0.05) is 21.8 Å². The number of rotatable bonds is 6. The lowest BCUT2D eigenvalue weighted by Crippen LogP contribution is -2.15. The second-order valence-corrected chi connectivity index (χ2v) is 8.74. The molecule has 0 saturated heterocycles. The van der Waals surface area contributed by atoms with E-state index in [0.717, 1.165) is 10.5 Å². The number of thioether (sulfide) groups is 1. The molecule has 0 saturated carbocycles. The van der Waals surface area contributed by atoms with Gasteiger partial charge in [0.25, 0.3) is 15.9 Å². The number of hydrogen-bond donors (Lipinski definition) is 2. The Bertz CT molecular complexity index is 1080. The van der Waals surface area contributed by atoms with Gasteiger partial charge < -0.3 is 5.32 Å². The van der Waals surface area contributed by atoms with Crippen molar-refractivity contribution in [2.75, 3.05) is 16.3 Å². The standard InChI is InChI=1S/C21H20N2O3S2/c1-15-6-12-20(13-7-15)28(25,26)23-18-5-3-4-16(14-18)21(24)22-17-8-10-19(27-2)11-9-17/h3-14,23H,1-2H3,(H,22,24). The Labute approximate surface area is 169 Å². The molecule has 3 rings (SSSR count). The van der Waals surface area contributed by atoms with Gasteiger partial charge in [0.2, 0.25) is 0 Å². The molecule has 0 fully saturated rings. The molecular weight excluding hydrogens is 392 g/mol. The molecule has 0 unspecified atom stereocenters. The Morgan fingerprint density at radius 2 is 1.57 bits per heavy atom. The molecular formula is C21H20N2O3S2. The van der Waals surface area contributed by atoms with Crippen LogP contribution in [0, 0.1) is 6.92 Å². The van der Waals surface area contributed by atoms with Gasteiger partial charge in [-0.1, -0.05) is 23.8 Å². The van der Waals surface area contributed by atoms with Gasteiger partial charge in [-0.25, -0.2) is 8.42 Å². The van der Waals surface area contributed by atoms with Gasteiger partial charge in [-0.05, 0) is 67.8 Å². The van der Waals surface area contributed by atoms with E-state index in [4.69, 9.17) is 0 Å². The number of anilines is 2. The molecule has 0 aliphatic heterocycles. The monoisotopic (exact) mass is 412 g/mol. The summed E-state index contributed by atoms with van der Waals surface area (Å²) in [5.74, 6) is -0.312. The number of hydrogen-bond acceptors (Lipinski definition) is 4. The molecule has 0 atom stereocenters. The number of amides is 1. The van der Waals surface area contributed by atoms with Gasteiger partial charge >= 0.3 is 0 Å². The van der Waals surface area contributed by atoms with Crippen LogP contribution in [0.1, 0.15) is 15.9 Å². The maximum absolute atomic E-state index is 12.5. The maximum atomic E-state index is 12.5. The van der Waals surface area contributed by atoms with Crippen LogP contribution in [0.3, 0.4) is 0 Å². The van der Waals surface area contributed by atoms with Gasteiger partial charge in [0.1, 0.15) is 0 Å². The Balaban J connectivity index is 1.75. The third-order valence-electron chi connectivity index (χ3n) is 4.06. The van der Waals surface area contributed by atoms with Gasteiger partial charge in [-0.2, -0.15) is 0 Å². The summed E-state index contributed by atoms with van der Waals surface area (Å²) in [5, 5.41) is 2.81. The fourth-order valence-electron chi connectivity index (χ4n) is 2.53. The average Bonchev–Trinajstić information content (AvgIpc) is 2.69. The van der Waals surface area contributed by atoms with Crippen LogP contribution in [0.2, 0.25) is 0 Å². The number of carbonyl (C=O) groups is 1. The summed E-state index contributed by atoms with van der Waals surface area (Å²) in [4.78, 5) is 13.8. The van der Waals surface area contributed by atoms with Gasteiger partial charge in [-0.3, -0.25) is 9.52 Å². The van der Waals surface area contributed by atoms with E-state index in [0.29, 0.717) is 16.9 Å². The van der Waals surface area contributed by atoms with E-state index in [-0.39, 0.29) is 10.8 Å². The minimum absolute atomic E-state index is 0.168. The molecule has 0 radical (unpaired) electrons. The lowest BCUT2D eigenvalue weighted by molar-refractivity contribution is 0.102. The molecule has 1 amide bonds. The smallest absolute Gasteiger partial charge is 0.261 e. The zero-order chi connectivity index (χ0) is 20.1. The largest absolute Gasteiger partial charge is 0.322 e. The summed E-state index contributed by atoms with van der Waals surface area (Å²) in [7, 11) is -3.72. The topological polar surface area (TPSA) is 75.3 Å². The maximum Gasteiger partial charge on any atom is 0.261 e. The van der Waals surface area contributed by atoms with E-state index in [1.807, 2.05) is 37.4 Å². The predicted octanol–water partition coefficient (Wildman–Crippen LogP) is 4.77. The molecule has 3 aromatic carbocycles. The predicted molar refractivity (Wildman–Crippen MR) is 115 cm³/mol. The van der Waals surface area contributed by atoms with Crippen molar-refractivity contribution >= 4 is 39.1 Å². The molecule has 2 N–H and O–H groups in total. The Morgan fingerprint density at radius 1 is 0.893 bits per heavy atom. The normalized spacial score (nSPS) is 11.1. The van der Waals surface area contributed by atoms with E-state index in [1.54, 1.807) is 54.2 Å². The molecule has 0 heterocycles. The van der Waals surface area contributed by atoms with Gasteiger partial charge in [-0.15, -0.1) is 11.8 Å². The van der Waals surface area contributed by atoms with Crippen molar-refractivity contribution in [2.45, 2.75) is 16.7 Å². The summed E-state index contributed by atoms with van der Waals surface area (Å²) in [6.45, 7) is 1.89. The molecule has 0 aliphatic carbocycles. The van der Waals surface area contributed by atoms with Gasteiger partial charge in [0.15, 0.2) is 0 Å². The fraction of sp³-hybridized carbons (Fsp3) is 0.0952. The van der Waals surface area contributed by atoms with Crippen LogP contribution in [-0.2, 0) is 10.0 Å². The summed E-state index contributed by atoms with van der Waals surface area (Å²) < 4.78 is 27.6. The highest BCUT2D eigenvalue weighted by Crippen LogP contribution is 2.20. The number of nitrogens with one attached hydrogen (secondary N) is 2. The first kappa shape index (κ1) is 20.0. The second kappa shape index (κ2) is 8.50. The first-order valence-corrected chi connectivity index (χ1v) is 11.2. The highest BCUT2D eigenvalue weighted by Gasteiger charge is 2.15. The van der Waals surface area contributed by atoms with Crippen LogP contribution in [0.15, 0.2) is 82.6 Å². The van der Waals surface area contributed by atoms with Crippen molar-refractivity contribution in [3.05, 3.63) is 83.9 Å². The minimum Gasteiger partial charge on any atom is -0.322 e.